The third-order valence-corrected chi connectivity index (χ3v) is 6.06. The molecule has 29 heavy (non-hydrogen) atoms. The summed E-state index contributed by atoms with van der Waals surface area (Å²) in [6, 6.07) is 17.5. The number of halogens is 1. The van der Waals surface area contributed by atoms with Crippen LogP contribution in [0, 0.1) is 0 Å². The van der Waals surface area contributed by atoms with Gasteiger partial charge in [0.25, 0.3) is 0 Å². The lowest BCUT2D eigenvalue weighted by atomic mass is 10.1. The van der Waals surface area contributed by atoms with Gasteiger partial charge in [0.05, 0.1) is 5.75 Å². The molecule has 0 saturated carbocycles. The number of amides is 2. The van der Waals surface area contributed by atoms with E-state index in [9.17, 15) is 9.59 Å². The Morgan fingerprint density at radius 2 is 1.72 bits per heavy atom. The van der Waals surface area contributed by atoms with E-state index >= 15 is 0 Å². The third kappa shape index (κ3) is 7.86. The Morgan fingerprint density at radius 3 is 2.34 bits per heavy atom. The second kappa shape index (κ2) is 12.7. The average Bonchev–Trinajstić information content (AvgIpc) is 2.74. The zero-order valence-electron chi connectivity index (χ0n) is 17.1. The van der Waals surface area contributed by atoms with E-state index in [1.807, 2.05) is 56.3 Å². The van der Waals surface area contributed by atoms with Crippen LogP contribution in [0.25, 0.3) is 0 Å². The monoisotopic (exact) mass is 476 g/mol. The first-order chi connectivity index (χ1) is 14.0. The molecule has 0 aliphatic heterocycles. The van der Waals surface area contributed by atoms with Crippen molar-refractivity contribution in [2.75, 3.05) is 12.3 Å². The number of nitrogens with zero attached hydrogens (tertiary/aromatic N) is 1. The number of thioether (sulfide) groups is 1. The molecule has 0 radical (unpaired) electrons. The lowest BCUT2D eigenvalue weighted by Gasteiger charge is -2.30. The van der Waals surface area contributed by atoms with E-state index < -0.39 is 6.04 Å². The van der Waals surface area contributed by atoms with Crippen molar-refractivity contribution in [2.45, 2.75) is 45.0 Å². The Bertz CT molecular complexity index is 768. The number of hydrogen-bond acceptors (Lipinski definition) is 3. The summed E-state index contributed by atoms with van der Waals surface area (Å²) in [5.74, 6) is 1.03. The van der Waals surface area contributed by atoms with Crippen LogP contribution in [0.15, 0.2) is 59.1 Å². The molecule has 0 heterocycles. The molecule has 0 aliphatic carbocycles. The van der Waals surface area contributed by atoms with Crippen LogP contribution in [0.2, 0.25) is 0 Å². The first kappa shape index (κ1) is 23.5. The van der Waals surface area contributed by atoms with Crippen LogP contribution >= 0.6 is 27.7 Å². The second-order valence-corrected chi connectivity index (χ2v) is 8.74. The van der Waals surface area contributed by atoms with Crippen molar-refractivity contribution in [1.82, 2.24) is 10.2 Å². The summed E-state index contributed by atoms with van der Waals surface area (Å²) in [5.41, 5.74) is 2.20. The molecular weight excluding hydrogens is 448 g/mol. The van der Waals surface area contributed by atoms with Crippen molar-refractivity contribution in [1.29, 1.82) is 0 Å². The van der Waals surface area contributed by atoms with Crippen LogP contribution in [-0.4, -0.2) is 35.1 Å². The van der Waals surface area contributed by atoms with Gasteiger partial charge in [0, 0.05) is 23.3 Å². The summed E-state index contributed by atoms with van der Waals surface area (Å²) < 4.78 is 1.04. The van der Waals surface area contributed by atoms with E-state index in [-0.39, 0.29) is 11.8 Å². The van der Waals surface area contributed by atoms with E-state index in [1.165, 1.54) is 5.56 Å². The molecule has 0 saturated heterocycles. The van der Waals surface area contributed by atoms with Crippen LogP contribution in [0.1, 0.15) is 37.8 Å². The van der Waals surface area contributed by atoms with Crippen molar-refractivity contribution < 1.29 is 9.59 Å². The average molecular weight is 477 g/mol. The number of rotatable bonds is 11. The lowest BCUT2D eigenvalue weighted by Crippen LogP contribution is -2.49. The van der Waals surface area contributed by atoms with Gasteiger partial charge in [-0.3, -0.25) is 9.59 Å². The molecular formula is C23H29BrN2O2S. The van der Waals surface area contributed by atoms with Crippen molar-refractivity contribution >= 4 is 39.5 Å². The highest BCUT2D eigenvalue weighted by Crippen LogP contribution is 2.18. The minimum atomic E-state index is -0.456. The van der Waals surface area contributed by atoms with Gasteiger partial charge in [-0.15, -0.1) is 11.8 Å². The number of hydrogen-bond donors (Lipinski definition) is 1. The normalized spacial score (nSPS) is 11.7. The lowest BCUT2D eigenvalue weighted by molar-refractivity contribution is -0.139. The van der Waals surface area contributed by atoms with Gasteiger partial charge in [0.2, 0.25) is 11.8 Å². The Morgan fingerprint density at radius 1 is 1.03 bits per heavy atom. The molecule has 0 unspecified atom stereocenters. The first-order valence-corrected chi connectivity index (χ1v) is 11.9. The molecule has 156 valence electrons. The van der Waals surface area contributed by atoms with Crippen molar-refractivity contribution in [3.05, 3.63) is 70.2 Å². The topological polar surface area (TPSA) is 49.4 Å². The molecule has 0 fully saturated rings. The van der Waals surface area contributed by atoms with Gasteiger partial charge in [-0.25, -0.2) is 0 Å². The van der Waals surface area contributed by atoms with E-state index in [2.05, 4.69) is 33.4 Å². The van der Waals surface area contributed by atoms with Crippen LogP contribution in [0.4, 0.5) is 0 Å². The second-order valence-electron chi connectivity index (χ2n) is 6.84. The molecule has 1 atom stereocenters. The molecule has 0 spiro atoms. The van der Waals surface area contributed by atoms with Gasteiger partial charge in [0.15, 0.2) is 0 Å². The molecule has 0 bridgehead atoms. The molecule has 4 nitrogen and oxygen atoms in total. The summed E-state index contributed by atoms with van der Waals surface area (Å²) >= 11 is 5.02. The minimum absolute atomic E-state index is 0.00513. The highest BCUT2D eigenvalue weighted by atomic mass is 79.9. The Balaban J connectivity index is 2.06. The van der Waals surface area contributed by atoms with Crippen molar-refractivity contribution in [3.63, 3.8) is 0 Å². The van der Waals surface area contributed by atoms with Gasteiger partial charge < -0.3 is 10.2 Å². The largest absolute Gasteiger partial charge is 0.354 e. The molecule has 6 heteroatoms. The van der Waals surface area contributed by atoms with Crippen LogP contribution in [0.5, 0.6) is 0 Å². The third-order valence-electron chi connectivity index (χ3n) is 4.54. The van der Waals surface area contributed by atoms with Crippen molar-refractivity contribution in [3.8, 4) is 0 Å². The van der Waals surface area contributed by atoms with Crippen molar-refractivity contribution in [2.24, 2.45) is 0 Å². The fourth-order valence-electron chi connectivity index (χ4n) is 2.99. The zero-order valence-corrected chi connectivity index (χ0v) is 19.5. The SMILES string of the molecule is CCCNC(=O)[C@@H](CC)N(Cc1ccccc1)C(=O)CSCc1ccc(Br)cc1. The Hall–Kier alpha value is -1.79. The van der Waals surface area contributed by atoms with Crippen LogP contribution in [-0.2, 0) is 21.9 Å². The highest BCUT2D eigenvalue weighted by Gasteiger charge is 2.28. The molecule has 0 aromatic heterocycles. The first-order valence-electron chi connectivity index (χ1n) is 9.98. The summed E-state index contributed by atoms with van der Waals surface area (Å²) in [6.45, 7) is 5.04. The predicted molar refractivity (Wildman–Crippen MR) is 125 cm³/mol. The van der Waals surface area contributed by atoms with Gasteiger partial charge in [-0.2, -0.15) is 0 Å². The maximum absolute atomic E-state index is 13.1. The summed E-state index contributed by atoms with van der Waals surface area (Å²) in [5, 5.41) is 2.95. The fraction of sp³-hybridized carbons (Fsp3) is 0.391. The van der Waals surface area contributed by atoms with Gasteiger partial charge in [0.1, 0.15) is 6.04 Å². The standard InChI is InChI=1S/C23H29BrN2O2S/c1-3-14-25-23(28)21(4-2)26(15-18-8-6-5-7-9-18)22(27)17-29-16-19-10-12-20(24)13-11-19/h5-13,21H,3-4,14-17H2,1-2H3,(H,25,28)/t21-/m1/s1. The maximum Gasteiger partial charge on any atom is 0.242 e. The van der Waals surface area contributed by atoms with Gasteiger partial charge in [-0.05, 0) is 36.1 Å². The van der Waals surface area contributed by atoms with Crippen LogP contribution < -0.4 is 5.32 Å². The van der Waals surface area contributed by atoms with E-state index in [1.54, 1.807) is 16.7 Å². The maximum atomic E-state index is 13.1. The zero-order chi connectivity index (χ0) is 21.1. The number of benzene rings is 2. The quantitative estimate of drug-likeness (QED) is 0.495. The Kier molecular flexibility index (Phi) is 10.3. The van der Waals surface area contributed by atoms with E-state index in [0.717, 1.165) is 22.2 Å². The summed E-state index contributed by atoms with van der Waals surface area (Å²) in [4.78, 5) is 27.5. The Labute approximate surface area is 186 Å². The molecule has 2 aromatic carbocycles. The van der Waals surface area contributed by atoms with Gasteiger partial charge in [-0.1, -0.05) is 72.2 Å². The number of carbonyl (C=O) groups excluding carboxylic acids is 2. The van der Waals surface area contributed by atoms with Crippen LogP contribution in [0.3, 0.4) is 0 Å². The summed E-state index contributed by atoms with van der Waals surface area (Å²) in [7, 11) is 0. The van der Waals surface area contributed by atoms with E-state index in [0.29, 0.717) is 25.3 Å². The van der Waals surface area contributed by atoms with E-state index in [4.69, 9.17) is 0 Å². The number of carbonyl (C=O) groups is 2. The molecule has 1 N–H and O–H groups in total. The predicted octanol–water partition coefficient (Wildman–Crippen LogP) is 5.02. The number of nitrogens with one attached hydrogen (secondary N) is 1. The minimum Gasteiger partial charge on any atom is -0.354 e. The van der Waals surface area contributed by atoms with Gasteiger partial charge >= 0.3 is 0 Å². The highest BCUT2D eigenvalue weighted by molar-refractivity contribution is 9.10. The molecule has 2 rings (SSSR count). The molecule has 0 aliphatic rings. The smallest absolute Gasteiger partial charge is 0.242 e. The fourth-order valence-corrected chi connectivity index (χ4v) is 4.12. The molecule has 2 amide bonds. The summed E-state index contributed by atoms with van der Waals surface area (Å²) in [6.07, 6.45) is 1.46. The molecule has 2 aromatic rings.